The molecule has 0 spiro atoms. The molecule has 0 N–H and O–H groups in total. The number of aromatic nitrogens is 2. The highest BCUT2D eigenvalue weighted by atomic mass is 32.2. The molecule has 23 heavy (non-hydrogen) atoms. The molecule has 0 aliphatic carbocycles. The van der Waals surface area contributed by atoms with Crippen molar-refractivity contribution in [3.05, 3.63) is 28.1 Å². The summed E-state index contributed by atoms with van der Waals surface area (Å²) in [4.78, 5) is 39.8. The summed E-state index contributed by atoms with van der Waals surface area (Å²) in [5.41, 5.74) is -0.215. The lowest BCUT2D eigenvalue weighted by Crippen LogP contribution is -2.32. The molecule has 11 heteroatoms. The molecule has 126 valence electrons. The molecule has 1 aromatic rings. The first-order valence-corrected chi connectivity index (χ1v) is 8.04. The van der Waals surface area contributed by atoms with E-state index in [-0.39, 0.29) is 30.8 Å². The van der Waals surface area contributed by atoms with Crippen molar-refractivity contribution in [3.63, 3.8) is 0 Å². The Morgan fingerprint density at radius 2 is 1.91 bits per heavy atom. The van der Waals surface area contributed by atoms with Gasteiger partial charge in [-0.1, -0.05) is 9.97 Å². The second-order valence-corrected chi connectivity index (χ2v) is 6.31. The number of ketones is 2. The van der Waals surface area contributed by atoms with Gasteiger partial charge in [-0.05, 0) is 25.2 Å². The SMILES string of the molecule is CCOS(=O)(=O)C(CCC(C)=O)C(=O)c1cnc([N+](=O)[O-])nc1. The topological polar surface area (TPSA) is 146 Å². The quantitative estimate of drug-likeness (QED) is 0.272. The third-order valence-corrected chi connectivity index (χ3v) is 4.48. The Morgan fingerprint density at radius 1 is 1.35 bits per heavy atom. The van der Waals surface area contributed by atoms with Gasteiger partial charge in [0.05, 0.1) is 12.2 Å². The number of nitro groups is 1. The molecule has 0 bridgehead atoms. The standard InChI is InChI=1S/C12H15N3O7S/c1-3-22-23(20,21)10(5-4-8(2)16)11(17)9-6-13-12(14-7-9)15(18)19/h6-7,10H,3-5H2,1-2H3. The van der Waals surface area contributed by atoms with Gasteiger partial charge >= 0.3 is 5.95 Å². The van der Waals surface area contributed by atoms with E-state index in [1.54, 1.807) is 0 Å². The van der Waals surface area contributed by atoms with E-state index in [2.05, 4.69) is 14.2 Å². The largest absolute Gasteiger partial charge is 0.468 e. The number of Topliss-reactive ketones (excluding diaryl/α,β-unsaturated/α-hetero) is 2. The van der Waals surface area contributed by atoms with Gasteiger partial charge in [-0.25, -0.2) is 0 Å². The molecule has 0 radical (unpaired) electrons. The van der Waals surface area contributed by atoms with Crippen molar-refractivity contribution in [2.45, 2.75) is 31.9 Å². The number of carbonyl (C=O) groups excluding carboxylic acids is 2. The summed E-state index contributed by atoms with van der Waals surface area (Å²) in [7, 11) is -4.23. The van der Waals surface area contributed by atoms with Gasteiger partial charge in [-0.3, -0.25) is 8.98 Å². The average molecular weight is 345 g/mol. The van der Waals surface area contributed by atoms with Gasteiger partial charge in [0, 0.05) is 6.42 Å². The predicted molar refractivity (Wildman–Crippen MR) is 77.3 cm³/mol. The maximum Gasteiger partial charge on any atom is 0.468 e. The van der Waals surface area contributed by atoms with Crippen LogP contribution in [0.5, 0.6) is 0 Å². The molecule has 1 aromatic heterocycles. The lowest BCUT2D eigenvalue weighted by Gasteiger charge is -2.14. The van der Waals surface area contributed by atoms with Crippen molar-refractivity contribution in [1.82, 2.24) is 9.97 Å². The summed E-state index contributed by atoms with van der Waals surface area (Å²) >= 11 is 0. The van der Waals surface area contributed by atoms with Crippen LogP contribution in [0.1, 0.15) is 37.0 Å². The van der Waals surface area contributed by atoms with Crippen LogP contribution in [0, 0.1) is 10.1 Å². The second-order valence-electron chi connectivity index (χ2n) is 4.52. The van der Waals surface area contributed by atoms with E-state index in [4.69, 9.17) is 0 Å². The van der Waals surface area contributed by atoms with Crippen LogP contribution in [0.15, 0.2) is 12.4 Å². The monoisotopic (exact) mass is 345 g/mol. The Labute approximate surface area is 132 Å². The highest BCUT2D eigenvalue weighted by molar-refractivity contribution is 7.88. The molecule has 1 atom stereocenters. The van der Waals surface area contributed by atoms with Crippen molar-refractivity contribution < 1.29 is 27.1 Å². The van der Waals surface area contributed by atoms with E-state index in [0.717, 1.165) is 12.4 Å². The fourth-order valence-corrected chi connectivity index (χ4v) is 3.01. The fraction of sp³-hybridized carbons (Fsp3) is 0.500. The van der Waals surface area contributed by atoms with Gasteiger partial charge in [0.25, 0.3) is 10.1 Å². The Balaban J connectivity index is 3.11. The average Bonchev–Trinajstić information content (AvgIpc) is 2.46. The molecule has 1 heterocycles. The molecule has 0 aliphatic heterocycles. The maximum absolute atomic E-state index is 12.3. The van der Waals surface area contributed by atoms with Crippen LogP contribution in [-0.4, -0.2) is 46.7 Å². The minimum absolute atomic E-state index is 0.128. The van der Waals surface area contributed by atoms with E-state index in [9.17, 15) is 28.1 Å². The minimum atomic E-state index is -4.23. The van der Waals surface area contributed by atoms with Crippen LogP contribution in [0.3, 0.4) is 0 Å². The Hall–Kier alpha value is -2.27. The first-order chi connectivity index (χ1) is 10.7. The fourth-order valence-electron chi connectivity index (χ4n) is 1.72. The van der Waals surface area contributed by atoms with Gasteiger partial charge < -0.3 is 14.9 Å². The van der Waals surface area contributed by atoms with Gasteiger partial charge in [-0.15, -0.1) is 0 Å². The van der Waals surface area contributed by atoms with Gasteiger partial charge in [0.1, 0.15) is 18.2 Å². The number of hydrogen-bond acceptors (Lipinski definition) is 9. The van der Waals surface area contributed by atoms with E-state index < -0.39 is 32.0 Å². The van der Waals surface area contributed by atoms with Crippen LogP contribution in [-0.2, 0) is 19.1 Å². The smallest absolute Gasteiger partial charge is 0.390 e. The Bertz CT molecular complexity index is 700. The molecule has 10 nitrogen and oxygen atoms in total. The lowest BCUT2D eigenvalue weighted by molar-refractivity contribution is -0.394. The van der Waals surface area contributed by atoms with Crippen molar-refractivity contribution in [3.8, 4) is 0 Å². The molecule has 0 aromatic carbocycles. The summed E-state index contributed by atoms with van der Waals surface area (Å²) in [6.45, 7) is 2.55. The van der Waals surface area contributed by atoms with Crippen molar-refractivity contribution >= 4 is 27.6 Å². The molecule has 0 saturated carbocycles. The predicted octanol–water partition coefficient (Wildman–Crippen LogP) is 0.672. The van der Waals surface area contributed by atoms with E-state index >= 15 is 0 Å². The molecule has 0 aliphatic rings. The van der Waals surface area contributed by atoms with Crippen LogP contribution < -0.4 is 0 Å². The molecule has 1 unspecified atom stereocenters. The summed E-state index contributed by atoms with van der Waals surface area (Å²) in [6.07, 6.45) is 1.36. The Morgan fingerprint density at radius 3 is 2.35 bits per heavy atom. The highest BCUT2D eigenvalue weighted by Gasteiger charge is 2.35. The van der Waals surface area contributed by atoms with E-state index in [0.29, 0.717) is 0 Å². The first-order valence-electron chi connectivity index (χ1n) is 6.57. The van der Waals surface area contributed by atoms with Crippen molar-refractivity contribution in [1.29, 1.82) is 0 Å². The van der Waals surface area contributed by atoms with Crippen LogP contribution in [0.2, 0.25) is 0 Å². The van der Waals surface area contributed by atoms with Crippen LogP contribution in [0.4, 0.5) is 5.95 Å². The Kier molecular flexibility index (Phi) is 6.39. The van der Waals surface area contributed by atoms with Gasteiger partial charge in [0.15, 0.2) is 11.0 Å². The molecule has 1 rings (SSSR count). The summed E-state index contributed by atoms with van der Waals surface area (Å²) in [5, 5.41) is 8.88. The number of carbonyl (C=O) groups is 2. The molecular weight excluding hydrogens is 330 g/mol. The zero-order chi connectivity index (χ0) is 17.6. The minimum Gasteiger partial charge on any atom is -0.390 e. The third kappa shape index (κ3) is 5.14. The van der Waals surface area contributed by atoms with Gasteiger partial charge in [0.2, 0.25) is 0 Å². The van der Waals surface area contributed by atoms with E-state index in [1.165, 1.54) is 13.8 Å². The summed E-state index contributed by atoms with van der Waals surface area (Å²) < 4.78 is 28.7. The number of nitrogens with zero attached hydrogens (tertiary/aromatic N) is 3. The number of rotatable bonds is 9. The highest BCUT2D eigenvalue weighted by Crippen LogP contribution is 2.17. The van der Waals surface area contributed by atoms with Crippen LogP contribution in [0.25, 0.3) is 0 Å². The van der Waals surface area contributed by atoms with E-state index in [1.807, 2.05) is 0 Å². The molecule has 0 fully saturated rings. The second kappa shape index (κ2) is 7.83. The zero-order valence-corrected chi connectivity index (χ0v) is 13.3. The van der Waals surface area contributed by atoms with Crippen LogP contribution >= 0.6 is 0 Å². The summed E-state index contributed by atoms with van der Waals surface area (Å²) in [6, 6.07) is 0. The van der Waals surface area contributed by atoms with Crippen molar-refractivity contribution in [2.24, 2.45) is 0 Å². The normalized spacial score (nSPS) is 12.6. The summed E-state index contributed by atoms with van der Waals surface area (Å²) in [5.74, 6) is -1.88. The first kappa shape index (κ1) is 18.8. The molecule has 0 saturated heterocycles. The molecule has 0 amide bonds. The lowest BCUT2D eigenvalue weighted by atomic mass is 10.1. The third-order valence-electron chi connectivity index (χ3n) is 2.77. The maximum atomic E-state index is 12.3. The molecular formula is C12H15N3O7S. The zero-order valence-electron chi connectivity index (χ0n) is 12.5. The van der Waals surface area contributed by atoms with Crippen molar-refractivity contribution in [2.75, 3.05) is 6.61 Å². The number of hydrogen-bond donors (Lipinski definition) is 0. The van der Waals surface area contributed by atoms with Gasteiger partial charge in [-0.2, -0.15) is 8.42 Å².